The van der Waals surface area contributed by atoms with E-state index in [9.17, 15) is 13.6 Å². The van der Waals surface area contributed by atoms with Crippen LogP contribution in [0.15, 0.2) is 42.5 Å². The fourth-order valence-electron chi connectivity index (χ4n) is 3.00. The summed E-state index contributed by atoms with van der Waals surface area (Å²) in [6, 6.07) is 10.4. The van der Waals surface area contributed by atoms with Crippen molar-refractivity contribution >= 4 is 17.4 Å². The molecule has 25 heavy (non-hydrogen) atoms. The van der Waals surface area contributed by atoms with Gasteiger partial charge in [-0.15, -0.1) is 0 Å². The van der Waals surface area contributed by atoms with Crippen molar-refractivity contribution in [1.29, 1.82) is 0 Å². The third-order valence-corrected chi connectivity index (χ3v) is 4.30. The summed E-state index contributed by atoms with van der Waals surface area (Å²) in [4.78, 5) is 15.7. The smallest absolute Gasteiger partial charge is 0.321 e. The topological polar surface area (TPSA) is 35.6 Å². The zero-order chi connectivity index (χ0) is 17.8. The molecular weight excluding hydrogens is 324 g/mol. The van der Waals surface area contributed by atoms with Crippen LogP contribution in [0.5, 0.6) is 0 Å². The van der Waals surface area contributed by atoms with Crippen molar-refractivity contribution in [2.45, 2.75) is 19.4 Å². The molecule has 3 rings (SSSR count). The lowest BCUT2D eigenvalue weighted by molar-refractivity contribution is 0.220. The molecule has 1 N–H and O–H groups in total. The molecule has 0 atom stereocenters. The van der Waals surface area contributed by atoms with E-state index >= 15 is 0 Å². The van der Waals surface area contributed by atoms with E-state index in [1.54, 1.807) is 31.3 Å². The van der Waals surface area contributed by atoms with Gasteiger partial charge in [0, 0.05) is 32.4 Å². The lowest BCUT2D eigenvalue weighted by Gasteiger charge is -2.20. The molecule has 1 aliphatic rings. The summed E-state index contributed by atoms with van der Waals surface area (Å²) in [6.07, 6.45) is 2.14. The van der Waals surface area contributed by atoms with Gasteiger partial charge in [0.1, 0.15) is 11.6 Å². The Kier molecular flexibility index (Phi) is 5.16. The molecule has 0 aliphatic carbocycles. The van der Waals surface area contributed by atoms with Crippen molar-refractivity contribution < 1.29 is 13.6 Å². The first-order valence-corrected chi connectivity index (χ1v) is 8.34. The largest absolute Gasteiger partial charge is 0.369 e. The number of nitrogens with one attached hydrogen (secondary N) is 1. The predicted molar refractivity (Wildman–Crippen MR) is 94.7 cm³/mol. The van der Waals surface area contributed by atoms with Gasteiger partial charge in [-0.1, -0.05) is 12.1 Å². The Balaban J connectivity index is 1.63. The van der Waals surface area contributed by atoms with Crippen LogP contribution in [0.2, 0.25) is 0 Å². The molecule has 4 nitrogen and oxygen atoms in total. The summed E-state index contributed by atoms with van der Waals surface area (Å²) in [5, 5.41) is 2.67. The SMILES string of the molecule is CN(Cc1cccc(F)c1)C(=O)Nc1ccc(N2CCCC2)c(F)c1. The van der Waals surface area contributed by atoms with Crippen molar-refractivity contribution in [1.82, 2.24) is 4.90 Å². The highest BCUT2D eigenvalue weighted by Gasteiger charge is 2.17. The fraction of sp³-hybridized carbons (Fsp3) is 0.316. The number of urea groups is 1. The molecular formula is C19H21F2N3O. The van der Waals surface area contributed by atoms with Crippen molar-refractivity contribution in [3.05, 3.63) is 59.7 Å². The number of carbonyl (C=O) groups is 1. The Morgan fingerprint density at radius 1 is 1.16 bits per heavy atom. The summed E-state index contributed by atoms with van der Waals surface area (Å²) in [7, 11) is 1.61. The van der Waals surface area contributed by atoms with Gasteiger partial charge in [0.05, 0.1) is 5.69 Å². The third-order valence-electron chi connectivity index (χ3n) is 4.30. The molecule has 6 heteroatoms. The van der Waals surface area contributed by atoms with Gasteiger partial charge in [-0.2, -0.15) is 0 Å². The summed E-state index contributed by atoms with van der Waals surface area (Å²) in [5.74, 6) is -0.682. The highest BCUT2D eigenvalue weighted by Crippen LogP contribution is 2.26. The Labute approximate surface area is 146 Å². The quantitative estimate of drug-likeness (QED) is 0.900. The van der Waals surface area contributed by atoms with Gasteiger partial charge in [-0.3, -0.25) is 0 Å². The molecule has 2 aromatic carbocycles. The van der Waals surface area contributed by atoms with Gasteiger partial charge >= 0.3 is 6.03 Å². The minimum atomic E-state index is -0.377. The maximum Gasteiger partial charge on any atom is 0.321 e. The number of nitrogens with zero attached hydrogens (tertiary/aromatic N) is 2. The lowest BCUT2D eigenvalue weighted by atomic mass is 10.2. The summed E-state index contributed by atoms with van der Waals surface area (Å²) in [6.45, 7) is 1.98. The lowest BCUT2D eigenvalue weighted by Crippen LogP contribution is -2.31. The molecule has 132 valence electrons. The van der Waals surface area contributed by atoms with Gasteiger partial charge in [0.15, 0.2) is 0 Å². The van der Waals surface area contributed by atoms with E-state index in [2.05, 4.69) is 5.32 Å². The molecule has 0 bridgehead atoms. The fourth-order valence-corrected chi connectivity index (χ4v) is 3.00. The van der Waals surface area contributed by atoms with Crippen LogP contribution in [-0.2, 0) is 6.54 Å². The molecule has 2 aromatic rings. The molecule has 0 unspecified atom stereocenters. The maximum absolute atomic E-state index is 14.3. The second kappa shape index (κ2) is 7.51. The first kappa shape index (κ1) is 17.2. The monoisotopic (exact) mass is 345 g/mol. The van der Waals surface area contributed by atoms with Crippen LogP contribution in [0.25, 0.3) is 0 Å². The predicted octanol–water partition coefficient (Wildman–Crippen LogP) is 4.23. The molecule has 0 saturated carbocycles. The zero-order valence-corrected chi connectivity index (χ0v) is 14.1. The molecule has 1 heterocycles. The second-order valence-corrected chi connectivity index (χ2v) is 6.28. The zero-order valence-electron chi connectivity index (χ0n) is 14.1. The van der Waals surface area contributed by atoms with Crippen molar-refractivity contribution in [3.63, 3.8) is 0 Å². The minimum Gasteiger partial charge on any atom is -0.369 e. The minimum absolute atomic E-state index is 0.262. The summed E-state index contributed by atoms with van der Waals surface area (Å²) >= 11 is 0. The molecule has 1 fully saturated rings. The number of hydrogen-bond acceptors (Lipinski definition) is 2. The van der Waals surface area contributed by atoms with Crippen LogP contribution in [0, 0.1) is 11.6 Å². The van der Waals surface area contributed by atoms with E-state index in [1.165, 1.54) is 23.1 Å². The van der Waals surface area contributed by atoms with Gasteiger partial charge in [-0.25, -0.2) is 13.6 Å². The molecule has 0 radical (unpaired) electrons. The normalized spacial score (nSPS) is 13.8. The van der Waals surface area contributed by atoms with Crippen LogP contribution in [-0.4, -0.2) is 31.1 Å². The highest BCUT2D eigenvalue weighted by molar-refractivity contribution is 5.89. The van der Waals surface area contributed by atoms with E-state index in [0.717, 1.165) is 25.9 Å². The molecule has 1 saturated heterocycles. The number of rotatable bonds is 4. The van der Waals surface area contributed by atoms with Crippen molar-refractivity contribution in [2.75, 3.05) is 30.4 Å². The van der Waals surface area contributed by atoms with E-state index < -0.39 is 0 Å². The average Bonchev–Trinajstić information content (AvgIpc) is 3.09. The van der Waals surface area contributed by atoms with Gasteiger partial charge in [0.25, 0.3) is 0 Å². The summed E-state index contributed by atoms with van der Waals surface area (Å²) < 4.78 is 27.5. The molecule has 0 spiro atoms. The molecule has 0 aromatic heterocycles. The van der Waals surface area contributed by atoms with Crippen molar-refractivity contribution in [3.8, 4) is 0 Å². The van der Waals surface area contributed by atoms with Gasteiger partial charge in [-0.05, 0) is 48.7 Å². The number of benzene rings is 2. The van der Waals surface area contributed by atoms with Crippen LogP contribution in [0.1, 0.15) is 18.4 Å². The average molecular weight is 345 g/mol. The van der Waals surface area contributed by atoms with E-state index in [4.69, 9.17) is 0 Å². The number of hydrogen-bond donors (Lipinski definition) is 1. The van der Waals surface area contributed by atoms with Crippen LogP contribution in [0.3, 0.4) is 0 Å². The Morgan fingerprint density at radius 3 is 2.60 bits per heavy atom. The Hall–Kier alpha value is -2.63. The first-order chi connectivity index (χ1) is 12.0. The molecule has 2 amide bonds. The maximum atomic E-state index is 14.3. The van der Waals surface area contributed by atoms with Crippen LogP contribution >= 0.6 is 0 Å². The second-order valence-electron chi connectivity index (χ2n) is 6.28. The number of halogens is 2. The van der Waals surface area contributed by atoms with E-state index in [1.807, 2.05) is 4.90 Å². The number of anilines is 2. The first-order valence-electron chi connectivity index (χ1n) is 8.34. The molecule has 1 aliphatic heterocycles. The third kappa shape index (κ3) is 4.26. The van der Waals surface area contributed by atoms with Crippen LogP contribution < -0.4 is 10.2 Å². The number of carbonyl (C=O) groups excluding carboxylic acids is 1. The highest BCUT2D eigenvalue weighted by atomic mass is 19.1. The number of amides is 2. The van der Waals surface area contributed by atoms with Crippen molar-refractivity contribution in [2.24, 2.45) is 0 Å². The Morgan fingerprint density at radius 2 is 1.92 bits per heavy atom. The van der Waals surface area contributed by atoms with Gasteiger partial charge < -0.3 is 15.1 Å². The Bertz CT molecular complexity index is 760. The van der Waals surface area contributed by atoms with Crippen LogP contribution in [0.4, 0.5) is 25.0 Å². The van der Waals surface area contributed by atoms with E-state index in [0.29, 0.717) is 16.9 Å². The van der Waals surface area contributed by atoms with E-state index in [-0.39, 0.29) is 24.2 Å². The standard InChI is InChI=1S/C19H21F2N3O/c1-23(13-14-5-4-6-15(20)11-14)19(25)22-16-7-8-18(17(21)12-16)24-9-2-3-10-24/h4-8,11-12H,2-3,9-10,13H2,1H3,(H,22,25). The summed E-state index contributed by atoms with van der Waals surface area (Å²) in [5.41, 5.74) is 1.66. The van der Waals surface area contributed by atoms with Gasteiger partial charge in [0.2, 0.25) is 0 Å².